The molecule has 0 bridgehead atoms. The van der Waals surface area contributed by atoms with E-state index >= 15 is 0 Å². The van der Waals surface area contributed by atoms with Crippen LogP contribution in [0.1, 0.15) is 0 Å². The second-order valence-corrected chi connectivity index (χ2v) is 1.61. The Bertz CT molecular complexity index is 151. The molecule has 1 aliphatic rings. The van der Waals surface area contributed by atoms with Gasteiger partial charge in [0.2, 0.25) is 5.78 Å². The number of hydrogen-bond acceptors (Lipinski definition) is 2. The van der Waals surface area contributed by atoms with Crippen LogP contribution in [-0.2, 0) is 4.79 Å². The van der Waals surface area contributed by atoms with E-state index in [0.717, 1.165) is 0 Å². The van der Waals surface area contributed by atoms with Crippen molar-refractivity contribution in [2.24, 2.45) is 0 Å². The van der Waals surface area contributed by atoms with Crippen LogP contribution in [0.5, 0.6) is 0 Å². The zero-order valence-corrected chi connectivity index (χ0v) is 4.66. The monoisotopic (exact) mass is 118 g/mol. The van der Waals surface area contributed by atoms with Gasteiger partial charge in [-0.25, -0.2) is 0 Å². The normalized spacial score (nSPS) is 19.4. The summed E-state index contributed by atoms with van der Waals surface area (Å²) in [7, 11) is 0. The van der Waals surface area contributed by atoms with Crippen LogP contribution in [0.25, 0.3) is 0 Å². The zero-order valence-electron chi connectivity index (χ0n) is 4.66. The molecule has 1 fully saturated rings. The van der Waals surface area contributed by atoms with E-state index in [9.17, 15) is 4.79 Å². The first-order valence-electron chi connectivity index (χ1n) is 2.51. The average molecular weight is 118 g/mol. The van der Waals surface area contributed by atoms with Crippen LogP contribution in [0.3, 0.4) is 0 Å². The first-order chi connectivity index (χ1) is 4.34. The lowest BCUT2D eigenvalue weighted by molar-refractivity contribution is -0.111. The van der Waals surface area contributed by atoms with Crippen LogP contribution < -0.4 is 0 Å². The molecule has 5 radical (unpaired) electrons. The minimum atomic E-state index is -0.472. The van der Waals surface area contributed by atoms with E-state index < -0.39 is 5.78 Å². The quantitative estimate of drug-likeness (QED) is 0.470. The fourth-order valence-corrected chi connectivity index (χ4v) is 0.590. The van der Waals surface area contributed by atoms with Crippen molar-refractivity contribution in [3.05, 3.63) is 31.6 Å². The van der Waals surface area contributed by atoms with Crippen molar-refractivity contribution < 1.29 is 4.79 Å². The molecular weight excluding hydrogens is 114 g/mol. The van der Waals surface area contributed by atoms with Crippen LogP contribution in [0.15, 0.2) is 0 Å². The third-order valence-corrected chi connectivity index (χ3v) is 1.03. The Kier molecular flexibility index (Phi) is 1.84. The summed E-state index contributed by atoms with van der Waals surface area (Å²) in [5, 5.41) is 8.11. The lowest BCUT2D eigenvalue weighted by atomic mass is 10.0. The van der Waals surface area contributed by atoms with E-state index in [1.807, 2.05) is 0 Å². The minimum Gasteiger partial charge on any atom is -0.282 e. The molecule has 0 heterocycles. The molecule has 1 rings (SSSR count). The molecular formula is C7H4NO. The van der Waals surface area contributed by atoms with E-state index in [0.29, 0.717) is 5.92 Å². The summed E-state index contributed by atoms with van der Waals surface area (Å²) in [6, 6.07) is 1.53. The van der Waals surface area contributed by atoms with Gasteiger partial charge in [0.05, 0.1) is 5.92 Å². The molecule has 2 nitrogen and oxygen atoms in total. The number of hydrogen-bond donors (Lipinski definition) is 0. The average Bonchev–Trinajstić information content (AvgIpc) is 2.37. The van der Waals surface area contributed by atoms with Crippen molar-refractivity contribution in [3.63, 3.8) is 0 Å². The summed E-state index contributed by atoms with van der Waals surface area (Å²) in [6.45, 7) is 0. The molecule has 2 heteroatoms. The topological polar surface area (TPSA) is 40.9 Å². The van der Waals surface area contributed by atoms with Gasteiger partial charge in [-0.3, -0.25) is 4.79 Å². The predicted octanol–water partition coefficient (Wildman–Crippen LogP) is 0.484. The number of rotatable bonds is 1. The Labute approximate surface area is 54.5 Å². The maximum atomic E-state index is 10.5. The summed E-state index contributed by atoms with van der Waals surface area (Å²) >= 11 is 0. The Morgan fingerprint density at radius 3 is 2.44 bits per heavy atom. The van der Waals surface area contributed by atoms with E-state index in [2.05, 4.69) is 0 Å². The molecule has 0 saturated heterocycles. The molecule has 9 heavy (non-hydrogen) atoms. The molecule has 0 amide bonds. The fourth-order valence-electron chi connectivity index (χ4n) is 0.590. The van der Waals surface area contributed by atoms with Crippen molar-refractivity contribution >= 4 is 5.78 Å². The fraction of sp³-hybridized carbons (Fsp3) is 0. The lowest BCUT2D eigenvalue weighted by Gasteiger charge is -1.94. The Hall–Kier alpha value is -0.840. The molecule has 1 aliphatic carbocycles. The molecule has 0 aliphatic heterocycles. The number of carbonyl (C=O) groups is 1. The highest BCUT2D eigenvalue weighted by atomic mass is 16.1. The summed E-state index contributed by atoms with van der Waals surface area (Å²) < 4.78 is 0. The minimum absolute atomic E-state index is 0.470. The van der Waals surface area contributed by atoms with Gasteiger partial charge in [-0.2, -0.15) is 5.26 Å². The summed E-state index contributed by atoms with van der Waals surface area (Å²) in [4.78, 5) is 10.5. The van der Waals surface area contributed by atoms with Crippen LogP contribution >= 0.6 is 0 Å². The van der Waals surface area contributed by atoms with E-state index in [1.165, 1.54) is 6.07 Å². The lowest BCUT2D eigenvalue weighted by Crippen LogP contribution is -2.05. The number of nitriles is 1. The molecule has 43 valence electrons. The number of nitrogens with zero attached hydrogens (tertiary/aromatic N) is 1. The Balaban J connectivity index is 2.44. The van der Waals surface area contributed by atoms with E-state index in [4.69, 9.17) is 5.26 Å². The number of ketones is 1. The van der Waals surface area contributed by atoms with E-state index in [-0.39, 0.29) is 0 Å². The van der Waals surface area contributed by atoms with Crippen LogP contribution in [0.4, 0.5) is 0 Å². The van der Waals surface area contributed by atoms with Crippen LogP contribution in [0, 0.1) is 42.9 Å². The highest BCUT2D eigenvalue weighted by Gasteiger charge is 2.23. The first kappa shape index (κ1) is 6.28. The van der Waals surface area contributed by atoms with Gasteiger partial charge in [0.25, 0.3) is 0 Å². The Morgan fingerprint density at radius 2 is 2.00 bits per heavy atom. The van der Waals surface area contributed by atoms with E-state index in [1.54, 1.807) is 25.7 Å². The van der Waals surface area contributed by atoms with Crippen molar-refractivity contribution in [2.45, 2.75) is 0 Å². The maximum Gasteiger partial charge on any atom is 0.239 e. The maximum absolute atomic E-state index is 10.5. The molecule has 0 aromatic heterocycles. The Morgan fingerprint density at radius 1 is 1.44 bits per heavy atom. The number of Topliss-reactive ketones (excluding diaryl/α,β-unsaturated/α-hetero) is 1. The van der Waals surface area contributed by atoms with Gasteiger partial charge in [-0.1, -0.05) is 0 Å². The second kappa shape index (κ2) is 2.63. The van der Waals surface area contributed by atoms with Crippen molar-refractivity contribution in [3.8, 4) is 6.07 Å². The molecule has 1 saturated carbocycles. The summed E-state index contributed by atoms with van der Waals surface area (Å²) in [6.07, 6.45) is 6.69. The third-order valence-electron chi connectivity index (χ3n) is 1.03. The predicted molar refractivity (Wildman–Crippen MR) is 31.1 cm³/mol. The van der Waals surface area contributed by atoms with Gasteiger partial charge in [0, 0.05) is 0 Å². The molecule has 0 aromatic rings. The summed E-state index contributed by atoms with van der Waals surface area (Å²) in [5.41, 5.74) is 0. The highest BCUT2D eigenvalue weighted by Crippen LogP contribution is 2.22. The second-order valence-electron chi connectivity index (χ2n) is 1.61. The van der Waals surface area contributed by atoms with Gasteiger partial charge in [0.15, 0.2) is 0 Å². The van der Waals surface area contributed by atoms with Gasteiger partial charge >= 0.3 is 0 Å². The summed E-state index contributed by atoms with van der Waals surface area (Å²) in [5.74, 6) is -0.00231. The van der Waals surface area contributed by atoms with Crippen molar-refractivity contribution in [1.29, 1.82) is 5.26 Å². The zero-order chi connectivity index (χ0) is 6.69. The number of carbonyl (C=O) groups excluding carboxylic acids is 1. The standard InChI is InChI=1S/C7H4NO/c8-5-7(9)6-3-1-2-4-6/h1-4H. The van der Waals surface area contributed by atoms with Gasteiger partial charge < -0.3 is 0 Å². The SMILES string of the molecule is N#CC(=O)[C]1[CH][CH][CH][CH]1. The molecule has 0 aromatic carbocycles. The van der Waals surface area contributed by atoms with Crippen LogP contribution in [0.2, 0.25) is 0 Å². The van der Waals surface area contributed by atoms with Gasteiger partial charge in [0.1, 0.15) is 6.07 Å². The van der Waals surface area contributed by atoms with Gasteiger partial charge in [-0.05, 0) is 25.7 Å². The third kappa shape index (κ3) is 1.29. The molecule has 0 atom stereocenters. The van der Waals surface area contributed by atoms with Crippen molar-refractivity contribution in [1.82, 2.24) is 0 Å². The molecule has 0 unspecified atom stereocenters. The molecule has 0 N–H and O–H groups in total. The molecule has 0 spiro atoms. The smallest absolute Gasteiger partial charge is 0.239 e. The van der Waals surface area contributed by atoms with Crippen LogP contribution in [-0.4, -0.2) is 5.78 Å². The van der Waals surface area contributed by atoms with Gasteiger partial charge in [-0.15, -0.1) is 0 Å². The van der Waals surface area contributed by atoms with Crippen molar-refractivity contribution in [2.75, 3.05) is 0 Å². The highest BCUT2D eigenvalue weighted by molar-refractivity contribution is 6.08. The largest absolute Gasteiger partial charge is 0.282 e. The first-order valence-corrected chi connectivity index (χ1v) is 2.51.